The molecule has 0 aliphatic rings. The molecule has 0 aromatic carbocycles. The van der Waals surface area contributed by atoms with Crippen LogP contribution >= 0.6 is 9.24 Å². The molecule has 1 heteroatoms. The summed E-state index contributed by atoms with van der Waals surface area (Å²) in [6.45, 7) is 4.31. The lowest BCUT2D eigenvalue weighted by Gasteiger charge is -1.95. The summed E-state index contributed by atoms with van der Waals surface area (Å²) in [7, 11) is 2.72. The van der Waals surface area contributed by atoms with Gasteiger partial charge in [0.25, 0.3) is 0 Å². The van der Waals surface area contributed by atoms with E-state index in [-0.39, 0.29) is 0 Å². The first-order valence-electron chi connectivity index (χ1n) is 2.36. The van der Waals surface area contributed by atoms with E-state index in [9.17, 15) is 0 Å². The van der Waals surface area contributed by atoms with E-state index in [1.54, 1.807) is 0 Å². The second-order valence-corrected chi connectivity index (χ2v) is 2.55. The van der Waals surface area contributed by atoms with Gasteiger partial charge in [0.05, 0.1) is 0 Å². The lowest BCUT2D eigenvalue weighted by atomic mass is 10.3. The molecule has 0 amide bonds. The molecular formula is C5H12P. The molecular weight excluding hydrogens is 91.0 g/mol. The predicted octanol–water partition coefficient (Wildman–Crippen LogP) is 1.86. The van der Waals surface area contributed by atoms with Crippen molar-refractivity contribution in [1.29, 1.82) is 0 Å². The monoisotopic (exact) mass is 103 g/mol. The molecule has 2 unspecified atom stereocenters. The molecule has 0 fully saturated rings. The number of hydrogen-bond donors (Lipinski definition) is 0. The van der Waals surface area contributed by atoms with Gasteiger partial charge in [0.15, 0.2) is 0 Å². The molecule has 0 saturated carbocycles. The van der Waals surface area contributed by atoms with E-state index in [0.29, 0.717) is 5.66 Å². The Bertz CT molecular complexity index is 25.1. The van der Waals surface area contributed by atoms with E-state index in [1.807, 2.05) is 0 Å². The van der Waals surface area contributed by atoms with Gasteiger partial charge in [-0.25, -0.2) is 0 Å². The summed E-state index contributed by atoms with van der Waals surface area (Å²) in [6.07, 6.45) is 3.44. The Balaban J connectivity index is 2.63. The lowest BCUT2D eigenvalue weighted by molar-refractivity contribution is 0.987. The van der Waals surface area contributed by atoms with Crippen molar-refractivity contribution in [3.05, 3.63) is 6.42 Å². The van der Waals surface area contributed by atoms with Crippen molar-refractivity contribution in [3.63, 3.8) is 0 Å². The average Bonchev–Trinajstić information content (AvgIpc) is 1.35. The molecule has 0 nitrogen and oxygen atoms in total. The van der Waals surface area contributed by atoms with E-state index in [1.165, 1.54) is 6.42 Å². The molecule has 6 heavy (non-hydrogen) atoms. The molecule has 0 aliphatic heterocycles. The van der Waals surface area contributed by atoms with Gasteiger partial charge in [-0.2, -0.15) is 0 Å². The maximum absolute atomic E-state index is 2.72. The van der Waals surface area contributed by atoms with E-state index in [2.05, 4.69) is 29.5 Å². The van der Waals surface area contributed by atoms with Gasteiger partial charge in [0.2, 0.25) is 0 Å². The lowest BCUT2D eigenvalue weighted by Crippen LogP contribution is -1.86. The van der Waals surface area contributed by atoms with Crippen LogP contribution in [-0.2, 0) is 0 Å². The minimum atomic E-state index is 0.690. The number of rotatable bonds is 2. The first-order chi connectivity index (χ1) is 2.77. The molecule has 37 valence electrons. The zero-order chi connectivity index (χ0) is 4.99. The average molecular weight is 103 g/mol. The fourth-order valence-corrected chi connectivity index (χ4v) is 0.644. The second kappa shape index (κ2) is 3.61. The third-order valence-electron chi connectivity index (χ3n) is 0.607. The predicted molar refractivity (Wildman–Crippen MR) is 33.8 cm³/mol. The Morgan fingerprint density at radius 3 is 2.33 bits per heavy atom. The molecule has 0 heterocycles. The van der Waals surface area contributed by atoms with Crippen LogP contribution < -0.4 is 0 Å². The van der Waals surface area contributed by atoms with Crippen LogP contribution in [0, 0.1) is 6.42 Å². The van der Waals surface area contributed by atoms with Crippen molar-refractivity contribution in [1.82, 2.24) is 0 Å². The smallest absolute Gasteiger partial charge is 0.0262 e. The molecule has 0 spiro atoms. The van der Waals surface area contributed by atoms with Crippen molar-refractivity contribution in [2.24, 2.45) is 0 Å². The van der Waals surface area contributed by atoms with Crippen molar-refractivity contribution in [2.75, 3.05) is 0 Å². The minimum absolute atomic E-state index is 0.690. The first kappa shape index (κ1) is 6.43. The summed E-state index contributed by atoms with van der Waals surface area (Å²) < 4.78 is 0. The Kier molecular flexibility index (Phi) is 3.87. The van der Waals surface area contributed by atoms with Crippen molar-refractivity contribution in [3.8, 4) is 0 Å². The first-order valence-corrected chi connectivity index (χ1v) is 3.03. The van der Waals surface area contributed by atoms with Gasteiger partial charge in [0.1, 0.15) is 0 Å². The van der Waals surface area contributed by atoms with Crippen LogP contribution in [0.5, 0.6) is 0 Å². The summed E-state index contributed by atoms with van der Waals surface area (Å²) in [5.41, 5.74) is 0.690. The summed E-state index contributed by atoms with van der Waals surface area (Å²) in [4.78, 5) is 0. The van der Waals surface area contributed by atoms with E-state index >= 15 is 0 Å². The zero-order valence-corrected chi connectivity index (χ0v) is 5.59. The van der Waals surface area contributed by atoms with Gasteiger partial charge in [-0.3, -0.25) is 0 Å². The van der Waals surface area contributed by atoms with E-state index in [4.69, 9.17) is 0 Å². The molecule has 2 atom stereocenters. The van der Waals surface area contributed by atoms with E-state index < -0.39 is 0 Å². The molecule has 0 saturated heterocycles. The highest BCUT2D eigenvalue weighted by atomic mass is 31.0. The quantitative estimate of drug-likeness (QED) is 0.468. The SMILES string of the molecule is CC[CH]C(C)P. The van der Waals surface area contributed by atoms with Gasteiger partial charge >= 0.3 is 0 Å². The molecule has 0 aliphatic carbocycles. The van der Waals surface area contributed by atoms with Gasteiger partial charge in [-0.05, 0) is 12.1 Å². The summed E-state index contributed by atoms with van der Waals surface area (Å²) >= 11 is 0. The van der Waals surface area contributed by atoms with Gasteiger partial charge in [0, 0.05) is 0 Å². The maximum atomic E-state index is 2.72. The Labute approximate surface area is 42.5 Å². The second-order valence-electron chi connectivity index (χ2n) is 1.50. The third kappa shape index (κ3) is 4.43. The fraction of sp³-hybridized carbons (Fsp3) is 0.800. The van der Waals surface area contributed by atoms with Crippen LogP contribution in [0.25, 0.3) is 0 Å². The van der Waals surface area contributed by atoms with Gasteiger partial charge in [-0.15, -0.1) is 9.24 Å². The summed E-state index contributed by atoms with van der Waals surface area (Å²) in [5, 5.41) is 0. The molecule has 0 rings (SSSR count). The minimum Gasteiger partial charge on any atom is -0.134 e. The van der Waals surface area contributed by atoms with Crippen molar-refractivity contribution < 1.29 is 0 Å². The zero-order valence-electron chi connectivity index (χ0n) is 4.44. The molecule has 0 aromatic heterocycles. The van der Waals surface area contributed by atoms with Gasteiger partial charge in [-0.1, -0.05) is 20.3 Å². The van der Waals surface area contributed by atoms with Crippen LogP contribution in [0.3, 0.4) is 0 Å². The molecule has 0 N–H and O–H groups in total. The van der Waals surface area contributed by atoms with Crippen LogP contribution in [0.2, 0.25) is 0 Å². The largest absolute Gasteiger partial charge is 0.134 e. The van der Waals surface area contributed by atoms with Crippen LogP contribution in [0.4, 0.5) is 0 Å². The van der Waals surface area contributed by atoms with Crippen LogP contribution in [-0.4, -0.2) is 5.66 Å². The Morgan fingerprint density at radius 1 is 1.83 bits per heavy atom. The van der Waals surface area contributed by atoms with Crippen LogP contribution in [0.1, 0.15) is 20.3 Å². The summed E-state index contributed by atoms with van der Waals surface area (Å²) in [6, 6.07) is 0. The highest BCUT2D eigenvalue weighted by molar-refractivity contribution is 7.17. The van der Waals surface area contributed by atoms with Crippen LogP contribution in [0.15, 0.2) is 0 Å². The molecule has 0 aromatic rings. The van der Waals surface area contributed by atoms with Crippen molar-refractivity contribution >= 4 is 9.24 Å². The van der Waals surface area contributed by atoms with Crippen molar-refractivity contribution in [2.45, 2.75) is 25.9 Å². The normalized spacial score (nSPS) is 14.5. The topological polar surface area (TPSA) is 0 Å². The highest BCUT2D eigenvalue weighted by Crippen LogP contribution is 2.03. The maximum Gasteiger partial charge on any atom is -0.0262 e. The number of hydrogen-bond acceptors (Lipinski definition) is 0. The molecule has 1 radical (unpaired) electrons. The standard InChI is InChI=1S/C5H12P/c1-3-4-5(2)6/h4-5H,3,6H2,1-2H3. The van der Waals surface area contributed by atoms with E-state index in [0.717, 1.165) is 0 Å². The summed E-state index contributed by atoms with van der Waals surface area (Å²) in [5.74, 6) is 0. The fourth-order valence-electron chi connectivity index (χ4n) is 0.372. The third-order valence-corrected chi connectivity index (χ3v) is 0.880. The van der Waals surface area contributed by atoms with Gasteiger partial charge < -0.3 is 0 Å². The Morgan fingerprint density at radius 2 is 2.33 bits per heavy atom. The Hall–Kier alpha value is 0.430. The molecule has 0 bridgehead atoms. The highest BCUT2D eigenvalue weighted by Gasteiger charge is 1.86.